The highest BCUT2D eigenvalue weighted by Crippen LogP contribution is 1.92. The molecule has 0 aromatic heterocycles. The van der Waals surface area contributed by atoms with Crippen LogP contribution < -0.4 is 0 Å². The van der Waals surface area contributed by atoms with Crippen molar-refractivity contribution in [1.29, 1.82) is 0 Å². The Morgan fingerprint density at radius 1 is 0.576 bits per heavy atom. The Balaban J connectivity index is 3.29. The number of allylic oxidation sites excluding steroid dienone is 2. The molecule has 192 valence electrons. The minimum absolute atomic E-state index is 0.0486. The molecule has 0 saturated carbocycles. The number of hydrogen-bond acceptors (Lipinski definition) is 11. The molecular weight excluding hydrogens is 440 g/mol. The van der Waals surface area contributed by atoms with E-state index in [-0.39, 0.29) is 26.4 Å². The van der Waals surface area contributed by atoms with E-state index in [2.05, 4.69) is 0 Å². The van der Waals surface area contributed by atoms with Gasteiger partial charge in [-0.1, -0.05) is 12.2 Å². The van der Waals surface area contributed by atoms with Gasteiger partial charge in [-0.15, -0.1) is 0 Å². The van der Waals surface area contributed by atoms with Crippen molar-refractivity contribution < 1.29 is 53.0 Å². The van der Waals surface area contributed by atoms with Gasteiger partial charge in [-0.3, -0.25) is 0 Å². The molecule has 0 fully saturated rings. The lowest BCUT2D eigenvalue weighted by Crippen LogP contribution is -2.24. The number of aliphatic hydroxyl groups is 2. The van der Waals surface area contributed by atoms with Gasteiger partial charge in [0.25, 0.3) is 0 Å². The van der Waals surface area contributed by atoms with Gasteiger partial charge in [0.15, 0.2) is 0 Å². The molecule has 0 radical (unpaired) electrons. The molecule has 2 atom stereocenters. The smallest absolute Gasteiger partial charge is 0.330 e. The third kappa shape index (κ3) is 23.1. The third-order valence-electron chi connectivity index (χ3n) is 3.55. The second kappa shape index (κ2) is 23.3. The summed E-state index contributed by atoms with van der Waals surface area (Å²) in [6, 6.07) is 0. The van der Waals surface area contributed by atoms with Crippen molar-refractivity contribution in [2.75, 3.05) is 79.3 Å². The minimum atomic E-state index is -0.883. The summed E-state index contributed by atoms with van der Waals surface area (Å²) in [6.45, 7) is 6.15. The van der Waals surface area contributed by atoms with Gasteiger partial charge >= 0.3 is 11.9 Å². The van der Waals surface area contributed by atoms with Gasteiger partial charge in [0.05, 0.1) is 66.1 Å². The predicted octanol–water partition coefficient (Wildman–Crippen LogP) is 0.0298. The number of carbonyl (C=O) groups excluding carboxylic acids is 2. The number of rotatable bonds is 22. The van der Waals surface area contributed by atoms with Crippen LogP contribution in [0.1, 0.15) is 13.8 Å². The maximum atomic E-state index is 11.1. The standard InChI is InChI=1S/C22H38O11/c1-3-5-21(25)32-17-19(23)15-30-13-11-28-9-7-27-8-10-29-12-14-31-16-20(24)18-33-22(26)6-4-2/h3-6,19-20,23-24H,7-18H2,1-2H3. The molecule has 0 aliphatic rings. The highest BCUT2D eigenvalue weighted by atomic mass is 16.6. The number of esters is 2. The van der Waals surface area contributed by atoms with Gasteiger partial charge in [-0.05, 0) is 13.8 Å². The fourth-order valence-electron chi connectivity index (χ4n) is 2.04. The molecule has 0 saturated heterocycles. The lowest BCUT2D eigenvalue weighted by atomic mass is 10.4. The van der Waals surface area contributed by atoms with Crippen LogP contribution in [0.2, 0.25) is 0 Å². The summed E-state index contributed by atoms with van der Waals surface area (Å²) in [4.78, 5) is 22.2. The average molecular weight is 479 g/mol. The average Bonchev–Trinajstić information content (AvgIpc) is 2.79. The second-order valence-electron chi connectivity index (χ2n) is 6.55. The SMILES string of the molecule is CC=CC(=O)OCC(O)COCCOCCOCCOCCOCC(O)COC(=O)C=CC. The van der Waals surface area contributed by atoms with Crippen LogP contribution in [0.4, 0.5) is 0 Å². The molecule has 0 heterocycles. The van der Waals surface area contributed by atoms with Gasteiger partial charge in [0.1, 0.15) is 25.4 Å². The summed E-state index contributed by atoms with van der Waals surface area (Å²) in [5.74, 6) is -1.01. The molecule has 11 heteroatoms. The van der Waals surface area contributed by atoms with E-state index in [1.165, 1.54) is 12.2 Å². The molecule has 0 aromatic carbocycles. The van der Waals surface area contributed by atoms with Crippen LogP contribution in [-0.2, 0) is 42.7 Å². The first-order chi connectivity index (χ1) is 16.0. The Hall–Kier alpha value is -1.86. The first kappa shape index (κ1) is 31.1. The normalized spacial score (nSPS) is 13.5. The molecule has 33 heavy (non-hydrogen) atoms. The van der Waals surface area contributed by atoms with Crippen LogP contribution in [0.15, 0.2) is 24.3 Å². The number of aliphatic hydroxyl groups excluding tert-OH is 2. The van der Waals surface area contributed by atoms with E-state index in [4.69, 9.17) is 33.2 Å². The Morgan fingerprint density at radius 2 is 0.879 bits per heavy atom. The van der Waals surface area contributed by atoms with Gasteiger partial charge in [0.2, 0.25) is 0 Å². The zero-order valence-electron chi connectivity index (χ0n) is 19.5. The highest BCUT2D eigenvalue weighted by molar-refractivity contribution is 5.82. The van der Waals surface area contributed by atoms with Crippen LogP contribution in [0.3, 0.4) is 0 Å². The molecule has 0 rings (SSSR count). The van der Waals surface area contributed by atoms with Crippen molar-refractivity contribution in [3.8, 4) is 0 Å². The summed E-state index contributed by atoms with van der Waals surface area (Å²) in [6.07, 6.45) is 3.89. The number of carbonyl (C=O) groups is 2. The van der Waals surface area contributed by atoms with E-state index < -0.39 is 24.1 Å². The van der Waals surface area contributed by atoms with Crippen LogP contribution in [0, 0.1) is 0 Å². The molecule has 2 N–H and O–H groups in total. The van der Waals surface area contributed by atoms with E-state index in [1.807, 2.05) is 0 Å². The van der Waals surface area contributed by atoms with Crippen molar-refractivity contribution in [2.45, 2.75) is 26.1 Å². The molecular formula is C22H38O11. The van der Waals surface area contributed by atoms with Gasteiger partial charge in [0, 0.05) is 12.2 Å². The Kier molecular flexibility index (Phi) is 22.0. The van der Waals surface area contributed by atoms with Crippen LogP contribution >= 0.6 is 0 Å². The van der Waals surface area contributed by atoms with Crippen molar-refractivity contribution in [2.24, 2.45) is 0 Å². The zero-order valence-corrected chi connectivity index (χ0v) is 19.5. The van der Waals surface area contributed by atoms with Crippen LogP contribution in [0.25, 0.3) is 0 Å². The molecule has 11 nitrogen and oxygen atoms in total. The largest absolute Gasteiger partial charge is 0.460 e. The van der Waals surface area contributed by atoms with Gasteiger partial charge < -0.3 is 43.4 Å². The molecule has 0 amide bonds. The van der Waals surface area contributed by atoms with Crippen LogP contribution in [-0.4, -0.2) is 114 Å². The monoisotopic (exact) mass is 478 g/mol. The predicted molar refractivity (Wildman–Crippen MR) is 118 cm³/mol. The summed E-state index contributed by atoms with van der Waals surface area (Å²) >= 11 is 0. The van der Waals surface area contributed by atoms with Crippen molar-refractivity contribution >= 4 is 11.9 Å². The fraction of sp³-hybridized carbons (Fsp3) is 0.727. The van der Waals surface area contributed by atoms with E-state index in [0.29, 0.717) is 52.9 Å². The molecule has 0 aromatic rings. The zero-order chi connectivity index (χ0) is 24.6. The van der Waals surface area contributed by atoms with Gasteiger partial charge in [-0.2, -0.15) is 0 Å². The number of hydrogen-bond donors (Lipinski definition) is 2. The van der Waals surface area contributed by atoms with Crippen LogP contribution in [0.5, 0.6) is 0 Å². The van der Waals surface area contributed by atoms with E-state index in [1.54, 1.807) is 26.0 Å². The summed E-state index contributed by atoms with van der Waals surface area (Å²) < 4.78 is 36.1. The Morgan fingerprint density at radius 3 is 1.18 bits per heavy atom. The third-order valence-corrected chi connectivity index (χ3v) is 3.55. The summed E-state index contributed by atoms with van der Waals surface area (Å²) in [7, 11) is 0. The van der Waals surface area contributed by atoms with Gasteiger partial charge in [-0.25, -0.2) is 9.59 Å². The fourth-order valence-corrected chi connectivity index (χ4v) is 2.04. The number of ether oxygens (including phenoxy) is 7. The van der Waals surface area contributed by atoms with E-state index in [0.717, 1.165) is 0 Å². The van der Waals surface area contributed by atoms with Crippen molar-refractivity contribution in [3.05, 3.63) is 24.3 Å². The molecule has 0 bridgehead atoms. The maximum Gasteiger partial charge on any atom is 0.330 e. The maximum absolute atomic E-state index is 11.1. The molecule has 2 unspecified atom stereocenters. The first-order valence-electron chi connectivity index (χ1n) is 10.8. The molecule has 0 aliphatic carbocycles. The lowest BCUT2D eigenvalue weighted by molar-refractivity contribution is -0.142. The molecule has 0 spiro atoms. The van der Waals surface area contributed by atoms with Crippen molar-refractivity contribution in [1.82, 2.24) is 0 Å². The highest BCUT2D eigenvalue weighted by Gasteiger charge is 2.08. The topological polar surface area (TPSA) is 139 Å². The van der Waals surface area contributed by atoms with Crippen molar-refractivity contribution in [3.63, 3.8) is 0 Å². The summed E-state index contributed by atoms with van der Waals surface area (Å²) in [5.41, 5.74) is 0. The van der Waals surface area contributed by atoms with E-state index in [9.17, 15) is 19.8 Å². The minimum Gasteiger partial charge on any atom is -0.460 e. The first-order valence-corrected chi connectivity index (χ1v) is 10.8. The summed E-state index contributed by atoms with van der Waals surface area (Å²) in [5, 5.41) is 19.2. The molecule has 0 aliphatic heterocycles. The van der Waals surface area contributed by atoms with E-state index >= 15 is 0 Å². The quantitative estimate of drug-likeness (QED) is 0.124. The Labute approximate surface area is 195 Å². The lowest BCUT2D eigenvalue weighted by Gasteiger charge is -2.12. The Bertz CT molecular complexity index is 490. The second-order valence-corrected chi connectivity index (χ2v) is 6.55.